The molecule has 2 heterocycles. The first-order valence-corrected chi connectivity index (χ1v) is 7.74. The monoisotopic (exact) mass is 436 g/mol. The number of aliphatic imine (C=N–C) groups is 1. The Kier molecular flexibility index (Phi) is 7.05. The molecule has 0 aliphatic heterocycles. The van der Waals surface area contributed by atoms with Gasteiger partial charge in [-0.15, -0.1) is 24.0 Å². The molecule has 0 atom stereocenters. The maximum absolute atomic E-state index is 5.33. The zero-order chi connectivity index (χ0) is 15.9. The SMILES string of the molecule is CCNC(=NCc1ccnc2ccccc12)NCc1ccco1.I. The third kappa shape index (κ3) is 4.70. The van der Waals surface area contributed by atoms with E-state index >= 15 is 0 Å². The lowest BCUT2D eigenvalue weighted by molar-refractivity contribution is 0.501. The van der Waals surface area contributed by atoms with Crippen molar-refractivity contribution in [1.29, 1.82) is 0 Å². The molecule has 2 N–H and O–H groups in total. The number of halogens is 1. The molecule has 0 aliphatic carbocycles. The van der Waals surface area contributed by atoms with Crippen molar-refractivity contribution in [2.45, 2.75) is 20.0 Å². The molecule has 0 saturated carbocycles. The fourth-order valence-corrected chi connectivity index (χ4v) is 2.38. The Morgan fingerprint density at radius 2 is 2.00 bits per heavy atom. The molecule has 3 rings (SSSR count). The summed E-state index contributed by atoms with van der Waals surface area (Å²) in [5.41, 5.74) is 2.15. The summed E-state index contributed by atoms with van der Waals surface area (Å²) in [5, 5.41) is 7.66. The molecular weight excluding hydrogens is 415 g/mol. The van der Waals surface area contributed by atoms with E-state index < -0.39 is 0 Å². The Morgan fingerprint density at radius 3 is 2.79 bits per heavy atom. The number of rotatable bonds is 5. The van der Waals surface area contributed by atoms with Gasteiger partial charge in [-0.05, 0) is 36.8 Å². The Labute approximate surface area is 158 Å². The van der Waals surface area contributed by atoms with Crippen molar-refractivity contribution in [1.82, 2.24) is 15.6 Å². The number of hydrogen-bond acceptors (Lipinski definition) is 3. The number of benzene rings is 1. The molecule has 2 aromatic heterocycles. The van der Waals surface area contributed by atoms with Crippen molar-refractivity contribution in [2.24, 2.45) is 4.99 Å². The number of para-hydroxylation sites is 1. The predicted octanol–water partition coefficient (Wildman–Crippen LogP) is 3.70. The van der Waals surface area contributed by atoms with Gasteiger partial charge in [0.05, 0.1) is 24.9 Å². The summed E-state index contributed by atoms with van der Waals surface area (Å²) < 4.78 is 5.33. The Bertz CT molecular complexity index is 781. The van der Waals surface area contributed by atoms with Crippen molar-refractivity contribution in [3.63, 3.8) is 0 Å². The molecule has 126 valence electrons. The molecule has 3 aromatic rings. The van der Waals surface area contributed by atoms with E-state index in [0.717, 1.165) is 34.7 Å². The van der Waals surface area contributed by atoms with Crippen LogP contribution in [0.3, 0.4) is 0 Å². The van der Waals surface area contributed by atoms with Crippen LogP contribution in [0.2, 0.25) is 0 Å². The van der Waals surface area contributed by atoms with E-state index in [2.05, 4.69) is 26.7 Å². The molecule has 0 fully saturated rings. The van der Waals surface area contributed by atoms with Gasteiger partial charge in [0.1, 0.15) is 5.76 Å². The molecule has 6 heteroatoms. The maximum atomic E-state index is 5.33. The Balaban J connectivity index is 0.00000208. The van der Waals surface area contributed by atoms with Gasteiger partial charge in [0.15, 0.2) is 5.96 Å². The number of guanidine groups is 1. The number of nitrogens with one attached hydrogen (secondary N) is 2. The van der Waals surface area contributed by atoms with E-state index in [1.807, 2.05) is 49.5 Å². The number of fused-ring (bicyclic) bond motifs is 1. The summed E-state index contributed by atoms with van der Waals surface area (Å²) in [6.45, 7) is 4.06. The van der Waals surface area contributed by atoms with Crippen molar-refractivity contribution < 1.29 is 4.42 Å². The molecule has 0 unspecified atom stereocenters. The number of nitrogens with zero attached hydrogens (tertiary/aromatic N) is 2. The second kappa shape index (κ2) is 9.27. The smallest absolute Gasteiger partial charge is 0.191 e. The average Bonchev–Trinajstić information content (AvgIpc) is 3.11. The molecule has 0 saturated heterocycles. The summed E-state index contributed by atoms with van der Waals surface area (Å²) in [5.74, 6) is 1.65. The Morgan fingerprint density at radius 1 is 1.12 bits per heavy atom. The van der Waals surface area contributed by atoms with Crippen LogP contribution in [0.15, 0.2) is 64.3 Å². The van der Waals surface area contributed by atoms with Gasteiger partial charge in [-0.2, -0.15) is 0 Å². The number of furan rings is 1. The highest BCUT2D eigenvalue weighted by Gasteiger charge is 2.03. The van der Waals surface area contributed by atoms with E-state index in [1.54, 1.807) is 6.26 Å². The van der Waals surface area contributed by atoms with Crippen LogP contribution in [0.1, 0.15) is 18.2 Å². The molecule has 0 radical (unpaired) electrons. The summed E-state index contributed by atoms with van der Waals surface area (Å²) in [6.07, 6.45) is 3.50. The third-order valence-electron chi connectivity index (χ3n) is 3.50. The molecule has 0 amide bonds. The van der Waals surface area contributed by atoms with Gasteiger partial charge >= 0.3 is 0 Å². The molecule has 0 bridgehead atoms. The average molecular weight is 436 g/mol. The summed E-state index contributed by atoms with van der Waals surface area (Å²) in [6, 6.07) is 14.0. The molecule has 0 spiro atoms. The van der Waals surface area contributed by atoms with Gasteiger partial charge in [0, 0.05) is 18.1 Å². The first-order chi connectivity index (χ1) is 11.4. The molecule has 1 aromatic carbocycles. The van der Waals surface area contributed by atoms with Gasteiger partial charge in [0.2, 0.25) is 0 Å². The molecule has 24 heavy (non-hydrogen) atoms. The van der Waals surface area contributed by atoms with Gasteiger partial charge in [-0.1, -0.05) is 18.2 Å². The van der Waals surface area contributed by atoms with Crippen LogP contribution in [-0.4, -0.2) is 17.5 Å². The lowest BCUT2D eigenvalue weighted by atomic mass is 10.1. The number of hydrogen-bond donors (Lipinski definition) is 2. The third-order valence-corrected chi connectivity index (χ3v) is 3.50. The number of aromatic nitrogens is 1. The minimum Gasteiger partial charge on any atom is -0.467 e. The van der Waals surface area contributed by atoms with E-state index in [-0.39, 0.29) is 24.0 Å². The van der Waals surface area contributed by atoms with E-state index in [4.69, 9.17) is 4.42 Å². The normalized spacial score (nSPS) is 11.1. The highest BCUT2D eigenvalue weighted by molar-refractivity contribution is 14.0. The lowest BCUT2D eigenvalue weighted by Crippen LogP contribution is -2.36. The largest absolute Gasteiger partial charge is 0.467 e. The van der Waals surface area contributed by atoms with Crippen LogP contribution >= 0.6 is 24.0 Å². The van der Waals surface area contributed by atoms with Gasteiger partial charge in [-0.25, -0.2) is 4.99 Å². The summed E-state index contributed by atoms with van der Waals surface area (Å²) in [7, 11) is 0. The first-order valence-electron chi connectivity index (χ1n) is 7.74. The molecule has 0 aliphatic rings. The zero-order valence-electron chi connectivity index (χ0n) is 13.5. The maximum Gasteiger partial charge on any atom is 0.191 e. The van der Waals surface area contributed by atoms with Crippen LogP contribution < -0.4 is 10.6 Å². The van der Waals surface area contributed by atoms with Crippen LogP contribution in [0.25, 0.3) is 10.9 Å². The van der Waals surface area contributed by atoms with Crippen LogP contribution in [0, 0.1) is 0 Å². The van der Waals surface area contributed by atoms with E-state index in [0.29, 0.717) is 13.1 Å². The second-order valence-electron chi connectivity index (χ2n) is 5.12. The summed E-state index contributed by atoms with van der Waals surface area (Å²) >= 11 is 0. The van der Waals surface area contributed by atoms with Crippen molar-refractivity contribution >= 4 is 40.8 Å². The zero-order valence-corrected chi connectivity index (χ0v) is 15.9. The van der Waals surface area contributed by atoms with Crippen LogP contribution in [0.5, 0.6) is 0 Å². The highest BCUT2D eigenvalue weighted by atomic mass is 127. The van der Waals surface area contributed by atoms with Crippen molar-refractivity contribution in [3.8, 4) is 0 Å². The molecular formula is C18H21IN4O. The Hall–Kier alpha value is -2.09. The van der Waals surface area contributed by atoms with Gasteiger partial charge in [-0.3, -0.25) is 4.98 Å². The quantitative estimate of drug-likeness (QED) is 0.364. The van der Waals surface area contributed by atoms with E-state index in [1.165, 1.54) is 0 Å². The minimum atomic E-state index is 0. The standard InChI is InChI=1S/C18H20N4O.HI/c1-2-19-18(22-13-15-6-5-11-23-15)21-12-14-9-10-20-17-8-4-3-7-16(14)17;/h3-11H,2,12-13H2,1H3,(H2,19,21,22);1H. The van der Waals surface area contributed by atoms with E-state index in [9.17, 15) is 0 Å². The number of pyridine rings is 1. The summed E-state index contributed by atoms with van der Waals surface area (Å²) in [4.78, 5) is 9.04. The van der Waals surface area contributed by atoms with Gasteiger partial charge < -0.3 is 15.1 Å². The van der Waals surface area contributed by atoms with Crippen LogP contribution in [-0.2, 0) is 13.1 Å². The van der Waals surface area contributed by atoms with Crippen molar-refractivity contribution in [3.05, 3.63) is 66.2 Å². The fraction of sp³-hybridized carbons (Fsp3) is 0.222. The van der Waals surface area contributed by atoms with Crippen molar-refractivity contribution in [2.75, 3.05) is 6.54 Å². The minimum absolute atomic E-state index is 0. The topological polar surface area (TPSA) is 62.5 Å². The van der Waals surface area contributed by atoms with Crippen LogP contribution in [0.4, 0.5) is 0 Å². The fourth-order valence-electron chi connectivity index (χ4n) is 2.38. The first kappa shape index (κ1) is 18.3. The highest BCUT2D eigenvalue weighted by Crippen LogP contribution is 2.16. The van der Waals surface area contributed by atoms with Gasteiger partial charge in [0.25, 0.3) is 0 Å². The second-order valence-corrected chi connectivity index (χ2v) is 5.12. The lowest BCUT2D eigenvalue weighted by Gasteiger charge is -2.10. The molecule has 5 nitrogen and oxygen atoms in total. The predicted molar refractivity (Wildman–Crippen MR) is 108 cm³/mol.